The predicted molar refractivity (Wildman–Crippen MR) is 187 cm³/mol. The van der Waals surface area contributed by atoms with Crippen molar-refractivity contribution in [1.82, 2.24) is 20.1 Å². The van der Waals surface area contributed by atoms with Crippen LogP contribution in [0.25, 0.3) is 38.5 Å². The third-order valence-electron chi connectivity index (χ3n) is 8.89. The van der Waals surface area contributed by atoms with Crippen molar-refractivity contribution in [2.24, 2.45) is 0 Å². The van der Waals surface area contributed by atoms with E-state index in [1.54, 1.807) is 25.3 Å². The summed E-state index contributed by atoms with van der Waals surface area (Å²) < 4.78 is 36.2. The molecule has 2 aliphatic heterocycles. The molecule has 256 valence electrons. The summed E-state index contributed by atoms with van der Waals surface area (Å²) in [6, 6.07) is 12.2. The quantitative estimate of drug-likeness (QED) is 0.181. The van der Waals surface area contributed by atoms with Crippen molar-refractivity contribution in [2.75, 3.05) is 45.2 Å². The van der Waals surface area contributed by atoms with E-state index in [4.69, 9.17) is 13.9 Å². The summed E-state index contributed by atoms with van der Waals surface area (Å²) in [4.78, 5) is 43.8. The van der Waals surface area contributed by atoms with Gasteiger partial charge in [-0.25, -0.2) is 9.18 Å². The predicted octanol–water partition coefficient (Wildman–Crippen LogP) is 6.31. The van der Waals surface area contributed by atoms with E-state index in [-0.39, 0.29) is 28.4 Å². The first-order chi connectivity index (χ1) is 23.4. The van der Waals surface area contributed by atoms with Gasteiger partial charge in [-0.3, -0.25) is 9.59 Å². The van der Waals surface area contributed by atoms with E-state index in [1.165, 1.54) is 12.3 Å². The molecule has 0 aliphatic carbocycles. The molecule has 2 aliphatic rings. The fraction of sp³-hybridized carbons (Fsp3) is 0.378. The summed E-state index contributed by atoms with van der Waals surface area (Å²) in [5, 5.41) is 7.48. The van der Waals surface area contributed by atoms with Crippen molar-refractivity contribution in [1.29, 1.82) is 0 Å². The average molecular weight is 670 g/mol. The Morgan fingerprint density at radius 1 is 1.06 bits per heavy atom. The second-order valence-corrected chi connectivity index (χ2v) is 14.0. The van der Waals surface area contributed by atoms with Gasteiger partial charge in [0.25, 0.3) is 5.91 Å². The second-order valence-electron chi connectivity index (χ2n) is 14.0. The number of ether oxygens (including phenoxy) is 2. The number of anilines is 1. The number of nitrogens with one attached hydrogen (secondary N) is 2. The molecule has 11 nitrogen and oxygen atoms in total. The van der Waals surface area contributed by atoms with Gasteiger partial charge in [0.05, 0.1) is 17.1 Å². The number of hydrogen-bond donors (Lipinski definition) is 2. The van der Waals surface area contributed by atoms with Crippen LogP contribution in [0.15, 0.2) is 57.9 Å². The van der Waals surface area contributed by atoms with Crippen LogP contribution in [0.1, 0.15) is 50.4 Å². The van der Waals surface area contributed by atoms with Gasteiger partial charge in [0.2, 0.25) is 5.43 Å². The molecule has 12 heteroatoms. The van der Waals surface area contributed by atoms with Crippen molar-refractivity contribution < 1.29 is 27.9 Å². The molecule has 1 atom stereocenters. The number of fused-ring (bicyclic) bond motifs is 5. The molecule has 4 heterocycles. The van der Waals surface area contributed by atoms with Gasteiger partial charge in [0.1, 0.15) is 33.5 Å². The number of rotatable bonds is 8. The molecule has 49 heavy (non-hydrogen) atoms. The van der Waals surface area contributed by atoms with Gasteiger partial charge in [-0.2, -0.15) is 0 Å². The number of alkyl carbamates (subject to hydrolysis) is 1. The second kappa shape index (κ2) is 12.4. The Hall–Kier alpha value is -5.10. The van der Waals surface area contributed by atoms with Crippen LogP contribution in [-0.4, -0.2) is 73.4 Å². The molecule has 1 saturated heterocycles. The maximum atomic E-state index is 16.3. The van der Waals surface area contributed by atoms with Gasteiger partial charge < -0.3 is 38.9 Å². The zero-order valence-electron chi connectivity index (χ0n) is 28.3. The van der Waals surface area contributed by atoms with Crippen LogP contribution in [0, 0.1) is 5.82 Å². The number of unbranched alkanes of at least 4 members (excludes halogenated alkanes) is 1. The van der Waals surface area contributed by atoms with Gasteiger partial charge in [0.15, 0.2) is 17.3 Å². The van der Waals surface area contributed by atoms with E-state index in [1.807, 2.05) is 55.4 Å². The number of carbonyl (C=O) groups is 2. The first-order valence-electron chi connectivity index (χ1n) is 16.6. The van der Waals surface area contributed by atoms with Gasteiger partial charge in [-0.05, 0) is 78.9 Å². The molecule has 0 spiro atoms. The first kappa shape index (κ1) is 32.4. The first-order valence-corrected chi connectivity index (χ1v) is 16.6. The number of pyridine rings is 1. The monoisotopic (exact) mass is 669 g/mol. The minimum atomic E-state index is -0.663. The number of halogens is 1. The lowest BCUT2D eigenvalue weighted by Gasteiger charge is -2.29. The SMILES string of the molecule is CN(C)CCCCNC(=O)c1cn2c3c(c(N4CCC(NC(=O)OC(C)(C)C)C4)c(F)cc3c1=O)Oc1cc3c(cc1-2)oc1ccccc13. The van der Waals surface area contributed by atoms with Crippen molar-refractivity contribution >= 4 is 50.5 Å². The summed E-state index contributed by atoms with van der Waals surface area (Å²) in [7, 11) is 3.98. The van der Waals surface area contributed by atoms with Crippen LogP contribution in [0.5, 0.6) is 11.5 Å². The van der Waals surface area contributed by atoms with Crippen LogP contribution in [0.2, 0.25) is 0 Å². The number of carbonyl (C=O) groups excluding carboxylic acids is 2. The molecule has 7 rings (SSSR count). The molecule has 5 aromatic rings. The molecule has 2 aromatic heterocycles. The summed E-state index contributed by atoms with van der Waals surface area (Å²) >= 11 is 0. The van der Waals surface area contributed by atoms with E-state index in [0.29, 0.717) is 54.2 Å². The van der Waals surface area contributed by atoms with E-state index in [9.17, 15) is 14.4 Å². The highest BCUT2D eigenvalue weighted by Gasteiger charge is 2.35. The maximum Gasteiger partial charge on any atom is 0.407 e. The van der Waals surface area contributed by atoms with Crippen molar-refractivity contribution in [3.63, 3.8) is 0 Å². The normalized spacial score (nSPS) is 15.6. The topological polar surface area (TPSA) is 118 Å². The highest BCUT2D eigenvalue weighted by Crippen LogP contribution is 2.49. The van der Waals surface area contributed by atoms with Crippen LogP contribution in [0.4, 0.5) is 14.9 Å². The summed E-state index contributed by atoms with van der Waals surface area (Å²) in [5.74, 6) is -0.607. The molecule has 0 bridgehead atoms. The Balaban J connectivity index is 1.32. The van der Waals surface area contributed by atoms with Crippen molar-refractivity contribution in [3.8, 4) is 17.2 Å². The van der Waals surface area contributed by atoms with E-state index in [2.05, 4.69) is 15.5 Å². The summed E-state index contributed by atoms with van der Waals surface area (Å²) in [6.07, 6.45) is 3.15. The number of nitrogens with zero attached hydrogens (tertiary/aromatic N) is 3. The van der Waals surface area contributed by atoms with E-state index >= 15 is 4.39 Å². The van der Waals surface area contributed by atoms with Crippen LogP contribution in [0.3, 0.4) is 0 Å². The van der Waals surface area contributed by atoms with Gasteiger partial charge >= 0.3 is 6.09 Å². The molecular weight excluding hydrogens is 629 g/mol. The third-order valence-corrected chi connectivity index (χ3v) is 8.89. The zero-order chi connectivity index (χ0) is 34.6. The zero-order valence-corrected chi connectivity index (χ0v) is 28.3. The Morgan fingerprint density at radius 3 is 2.63 bits per heavy atom. The van der Waals surface area contributed by atoms with Gasteiger partial charge in [0, 0.05) is 42.7 Å². The minimum Gasteiger partial charge on any atom is -0.456 e. The Morgan fingerprint density at radius 2 is 1.86 bits per heavy atom. The summed E-state index contributed by atoms with van der Waals surface area (Å²) in [5.41, 5.74) is 1.02. The van der Waals surface area contributed by atoms with Crippen LogP contribution >= 0.6 is 0 Å². The number of para-hydroxylation sites is 1. The fourth-order valence-electron chi connectivity index (χ4n) is 6.69. The largest absolute Gasteiger partial charge is 0.456 e. The average Bonchev–Trinajstić information content (AvgIpc) is 3.63. The lowest BCUT2D eigenvalue weighted by atomic mass is 10.0. The lowest BCUT2D eigenvalue weighted by Crippen LogP contribution is -2.40. The number of aromatic nitrogens is 1. The van der Waals surface area contributed by atoms with Gasteiger partial charge in [-0.1, -0.05) is 18.2 Å². The Bertz CT molecular complexity index is 2180. The number of amides is 2. The molecule has 2 amide bonds. The van der Waals surface area contributed by atoms with Gasteiger partial charge in [-0.15, -0.1) is 0 Å². The molecule has 2 N–H and O–H groups in total. The van der Waals surface area contributed by atoms with Crippen molar-refractivity contribution in [3.05, 3.63) is 70.3 Å². The Kier molecular flexibility index (Phi) is 8.22. The minimum absolute atomic E-state index is 0.0227. The number of benzene rings is 3. The third kappa shape index (κ3) is 6.16. The highest BCUT2D eigenvalue weighted by molar-refractivity contribution is 6.07. The van der Waals surface area contributed by atoms with E-state index < -0.39 is 28.8 Å². The smallest absolute Gasteiger partial charge is 0.407 e. The lowest BCUT2D eigenvalue weighted by molar-refractivity contribution is 0.0508. The molecule has 0 saturated carbocycles. The molecule has 1 fully saturated rings. The standard InChI is InChI=1S/C37H40FN5O6/c1-37(2,3)49-36(46)40-21-12-15-42(19-21)32-26(38)16-24-31-34(32)48-30-17-23-22-10-6-7-11-28(22)47-29(23)18-27(30)43(31)20-25(33(24)44)35(45)39-13-8-9-14-41(4)5/h6-7,10-11,16-18,20-21H,8-9,12-15,19H2,1-5H3,(H,39,45)(H,40,46). The highest BCUT2D eigenvalue weighted by atomic mass is 19.1. The molecule has 1 unspecified atom stereocenters. The van der Waals surface area contributed by atoms with Crippen molar-refractivity contribution in [2.45, 2.75) is 51.7 Å². The molecular formula is C37H40FN5O6. The van der Waals surface area contributed by atoms with E-state index in [0.717, 1.165) is 30.2 Å². The molecule has 3 aromatic carbocycles. The summed E-state index contributed by atoms with van der Waals surface area (Å²) in [6.45, 7) is 7.38. The number of furan rings is 1. The number of hydrogen-bond acceptors (Lipinski definition) is 8. The van der Waals surface area contributed by atoms with Crippen LogP contribution in [-0.2, 0) is 4.74 Å². The Labute approximate surface area is 282 Å². The molecule has 0 radical (unpaired) electrons. The fourth-order valence-corrected chi connectivity index (χ4v) is 6.69. The van der Waals surface area contributed by atoms with Crippen LogP contribution < -0.4 is 25.7 Å². The maximum absolute atomic E-state index is 16.3.